The predicted molar refractivity (Wildman–Crippen MR) is 161 cm³/mol. The molecule has 0 aromatic heterocycles. The fourth-order valence-corrected chi connectivity index (χ4v) is 6.07. The maximum atomic E-state index is 13.6. The van der Waals surface area contributed by atoms with E-state index in [1.807, 2.05) is 42.5 Å². The Bertz CT molecular complexity index is 1660. The molecule has 202 valence electrons. The molecule has 0 N–H and O–H groups in total. The summed E-state index contributed by atoms with van der Waals surface area (Å²) >= 11 is 0. The highest BCUT2D eigenvalue weighted by atomic mass is 32.2. The van der Waals surface area contributed by atoms with Gasteiger partial charge in [-0.05, 0) is 80.8 Å². The molecule has 0 saturated carbocycles. The summed E-state index contributed by atoms with van der Waals surface area (Å²) < 4.78 is 40.5. The average molecular weight is 549 g/mol. The van der Waals surface area contributed by atoms with Gasteiger partial charge in [0.1, 0.15) is 11.1 Å². The van der Waals surface area contributed by atoms with E-state index in [-0.39, 0.29) is 22.1 Å². The molecule has 0 aliphatic heterocycles. The third kappa shape index (κ3) is 6.90. The van der Waals surface area contributed by atoms with Crippen molar-refractivity contribution in [1.82, 2.24) is 0 Å². The minimum Gasteiger partial charge on any atom is -0.223 e. The monoisotopic (exact) mass is 548 g/mol. The van der Waals surface area contributed by atoms with Crippen LogP contribution in [0.5, 0.6) is 0 Å². The van der Waals surface area contributed by atoms with Crippen LogP contribution in [0.2, 0.25) is 0 Å². The second-order valence-electron chi connectivity index (χ2n) is 10.8. The van der Waals surface area contributed by atoms with Crippen LogP contribution in [-0.2, 0) is 20.7 Å². The van der Waals surface area contributed by atoms with E-state index in [9.17, 15) is 12.8 Å². The van der Waals surface area contributed by atoms with E-state index in [1.165, 1.54) is 29.8 Å². The Balaban J connectivity index is 1.54. The van der Waals surface area contributed by atoms with Crippen molar-refractivity contribution in [1.29, 1.82) is 0 Å². The molecule has 0 saturated heterocycles. The molecule has 0 bridgehead atoms. The molecule has 0 spiro atoms. The molecule has 0 amide bonds. The number of rotatable bonds is 6. The van der Waals surface area contributed by atoms with Crippen molar-refractivity contribution < 1.29 is 12.8 Å². The maximum absolute atomic E-state index is 13.6. The Morgan fingerprint density at radius 2 is 1.18 bits per heavy atom. The van der Waals surface area contributed by atoms with Gasteiger partial charge in [0, 0.05) is 12.0 Å². The predicted octanol–water partition coefficient (Wildman–Crippen LogP) is 8.04. The van der Waals surface area contributed by atoms with E-state index >= 15 is 0 Å². The first kappa shape index (κ1) is 28.9. The molecule has 0 aliphatic rings. The second-order valence-corrected chi connectivity index (χ2v) is 13.0. The van der Waals surface area contributed by atoms with Crippen molar-refractivity contribution >= 4 is 9.84 Å². The Morgan fingerprint density at radius 3 is 1.73 bits per heavy atom. The zero-order chi connectivity index (χ0) is 28.8. The van der Waals surface area contributed by atoms with Crippen molar-refractivity contribution in [3.63, 3.8) is 0 Å². The minimum atomic E-state index is -3.73. The van der Waals surface area contributed by atoms with Gasteiger partial charge >= 0.3 is 0 Å². The van der Waals surface area contributed by atoms with E-state index in [4.69, 9.17) is 0 Å². The third-order valence-electron chi connectivity index (χ3n) is 7.00. The van der Waals surface area contributed by atoms with E-state index in [0.29, 0.717) is 5.56 Å². The van der Waals surface area contributed by atoms with Crippen molar-refractivity contribution in [3.8, 4) is 23.7 Å². The minimum absolute atomic E-state index is 0.0795. The lowest BCUT2D eigenvalue weighted by Gasteiger charge is -2.22. The molecule has 4 heteroatoms. The SMILES string of the molecule is CC(C)(C#CC(C)(C)c1ccc(C#CCC(c2ccc(F)cc2)S(=O)(=O)c2ccccc2)cc1)c1ccccc1. The van der Waals surface area contributed by atoms with Gasteiger partial charge in [-0.3, -0.25) is 0 Å². The van der Waals surface area contributed by atoms with Crippen LogP contribution < -0.4 is 0 Å². The summed E-state index contributed by atoms with van der Waals surface area (Å²) in [5.41, 5.74) is 2.91. The van der Waals surface area contributed by atoms with E-state index in [0.717, 1.165) is 11.1 Å². The quantitative estimate of drug-likeness (QED) is 0.229. The van der Waals surface area contributed by atoms with Crippen molar-refractivity contribution in [2.24, 2.45) is 0 Å². The maximum Gasteiger partial charge on any atom is 0.186 e. The van der Waals surface area contributed by atoms with Crippen LogP contribution in [0.4, 0.5) is 4.39 Å². The Kier molecular flexibility index (Phi) is 8.63. The van der Waals surface area contributed by atoms with Crippen LogP contribution in [0.25, 0.3) is 0 Å². The highest BCUT2D eigenvalue weighted by Crippen LogP contribution is 2.32. The van der Waals surface area contributed by atoms with Gasteiger partial charge in [0.25, 0.3) is 0 Å². The van der Waals surface area contributed by atoms with Crippen molar-refractivity contribution in [2.45, 2.75) is 55.1 Å². The topological polar surface area (TPSA) is 34.1 Å². The number of hydrogen-bond donors (Lipinski definition) is 0. The van der Waals surface area contributed by atoms with E-state index < -0.39 is 20.9 Å². The van der Waals surface area contributed by atoms with Gasteiger partial charge in [-0.25, -0.2) is 12.8 Å². The van der Waals surface area contributed by atoms with Crippen LogP contribution in [0.3, 0.4) is 0 Å². The van der Waals surface area contributed by atoms with Crippen LogP contribution in [0.1, 0.15) is 61.6 Å². The third-order valence-corrected chi connectivity index (χ3v) is 9.12. The molecule has 0 heterocycles. The zero-order valence-electron chi connectivity index (χ0n) is 23.3. The smallest absolute Gasteiger partial charge is 0.186 e. The summed E-state index contributed by atoms with van der Waals surface area (Å²) in [5.74, 6) is 12.7. The highest BCUT2D eigenvalue weighted by molar-refractivity contribution is 7.91. The van der Waals surface area contributed by atoms with Crippen LogP contribution in [0, 0.1) is 29.5 Å². The van der Waals surface area contributed by atoms with Gasteiger partial charge in [-0.15, -0.1) is 0 Å². The van der Waals surface area contributed by atoms with Gasteiger partial charge in [0.05, 0.1) is 15.7 Å². The van der Waals surface area contributed by atoms with Crippen molar-refractivity contribution in [2.75, 3.05) is 0 Å². The summed E-state index contributed by atoms with van der Waals surface area (Å²) in [6, 6.07) is 32.1. The Hall–Kier alpha value is -4.12. The largest absolute Gasteiger partial charge is 0.223 e. The second kappa shape index (κ2) is 12.0. The number of halogens is 1. The van der Waals surface area contributed by atoms with Crippen LogP contribution >= 0.6 is 0 Å². The summed E-state index contributed by atoms with van der Waals surface area (Å²) in [6.07, 6.45) is 0.0795. The molecule has 4 aromatic rings. The van der Waals surface area contributed by atoms with Crippen molar-refractivity contribution in [3.05, 3.63) is 137 Å². The highest BCUT2D eigenvalue weighted by Gasteiger charge is 2.28. The standard InChI is InChI=1S/C36H33FO2S/c1-35(2,30-13-7-5-8-14-30)26-27-36(3,4)31-22-18-28(19-23-31)12-11-17-34(29-20-24-32(37)25-21-29)40(38,39)33-15-9-6-10-16-33/h5-10,13-16,18-25,34H,17H2,1-4H3. The fraction of sp³-hybridized carbons (Fsp3) is 0.222. The molecule has 4 aromatic carbocycles. The molecule has 40 heavy (non-hydrogen) atoms. The van der Waals surface area contributed by atoms with Gasteiger partial charge in [-0.2, -0.15) is 0 Å². The van der Waals surface area contributed by atoms with Gasteiger partial charge < -0.3 is 0 Å². The molecule has 2 nitrogen and oxygen atoms in total. The Labute approximate surface area is 238 Å². The van der Waals surface area contributed by atoms with Gasteiger partial charge in [0.2, 0.25) is 0 Å². The fourth-order valence-electron chi connectivity index (χ4n) is 4.39. The molecule has 0 fully saturated rings. The van der Waals surface area contributed by atoms with E-state index in [2.05, 4.69) is 63.5 Å². The van der Waals surface area contributed by atoms with Crippen LogP contribution in [-0.4, -0.2) is 8.42 Å². The van der Waals surface area contributed by atoms with Gasteiger partial charge in [-0.1, -0.05) is 96.5 Å². The Morgan fingerprint density at radius 1 is 0.675 bits per heavy atom. The molecule has 4 rings (SSSR count). The molecule has 1 atom stereocenters. The molecular weight excluding hydrogens is 515 g/mol. The molecule has 1 unspecified atom stereocenters. The average Bonchev–Trinajstić information content (AvgIpc) is 2.96. The molecular formula is C36H33FO2S. The first-order valence-electron chi connectivity index (χ1n) is 13.2. The first-order chi connectivity index (χ1) is 19.0. The normalized spacial score (nSPS) is 12.4. The number of benzene rings is 4. The summed E-state index contributed by atoms with van der Waals surface area (Å²) in [7, 11) is -3.73. The summed E-state index contributed by atoms with van der Waals surface area (Å²) in [6.45, 7) is 8.45. The lowest BCUT2D eigenvalue weighted by molar-refractivity contribution is 0.582. The van der Waals surface area contributed by atoms with E-state index in [1.54, 1.807) is 30.3 Å². The van der Waals surface area contributed by atoms with Gasteiger partial charge in [0.15, 0.2) is 9.84 Å². The number of sulfone groups is 1. The zero-order valence-corrected chi connectivity index (χ0v) is 24.1. The summed E-state index contributed by atoms with van der Waals surface area (Å²) in [4.78, 5) is 0.217. The summed E-state index contributed by atoms with van der Waals surface area (Å²) in [5, 5.41) is -0.913. The van der Waals surface area contributed by atoms with Crippen LogP contribution in [0.15, 0.2) is 114 Å². The lowest BCUT2D eigenvalue weighted by atomic mass is 9.80. The lowest BCUT2D eigenvalue weighted by Crippen LogP contribution is -2.18. The first-order valence-corrected chi connectivity index (χ1v) is 14.8. The molecule has 0 aliphatic carbocycles. The molecule has 0 radical (unpaired) electrons. The number of hydrogen-bond acceptors (Lipinski definition) is 2.